The van der Waals surface area contributed by atoms with Crippen LogP contribution in [0.5, 0.6) is 0 Å². The molecule has 0 spiro atoms. The summed E-state index contributed by atoms with van der Waals surface area (Å²) in [4.78, 5) is 6.70. The van der Waals surface area contributed by atoms with Crippen LogP contribution < -0.4 is 10.2 Å². The van der Waals surface area contributed by atoms with E-state index in [0.29, 0.717) is 12.1 Å². The highest BCUT2D eigenvalue weighted by Gasteiger charge is 2.08. The van der Waals surface area contributed by atoms with Gasteiger partial charge < -0.3 is 10.2 Å². The molecule has 0 amide bonds. The molecule has 3 nitrogen and oxygen atoms in total. The first kappa shape index (κ1) is 14.0. The van der Waals surface area contributed by atoms with Gasteiger partial charge in [0.05, 0.1) is 5.69 Å². The van der Waals surface area contributed by atoms with Gasteiger partial charge in [0.1, 0.15) is 0 Å². The van der Waals surface area contributed by atoms with Gasteiger partial charge in [0, 0.05) is 37.6 Å². The zero-order valence-electron chi connectivity index (χ0n) is 11.7. The van der Waals surface area contributed by atoms with Gasteiger partial charge in [-0.2, -0.15) is 0 Å². The van der Waals surface area contributed by atoms with Crippen molar-refractivity contribution in [3.63, 3.8) is 0 Å². The minimum atomic E-state index is 0.493. The molecule has 1 rings (SSSR count). The van der Waals surface area contributed by atoms with Crippen LogP contribution in [-0.4, -0.2) is 24.1 Å². The number of hydrogen-bond acceptors (Lipinski definition) is 3. The van der Waals surface area contributed by atoms with Crippen molar-refractivity contribution in [2.24, 2.45) is 0 Å². The zero-order valence-corrected chi connectivity index (χ0v) is 11.7. The molecule has 1 unspecified atom stereocenters. The summed E-state index contributed by atoms with van der Waals surface area (Å²) in [5.41, 5.74) is 2.35. The van der Waals surface area contributed by atoms with E-state index in [-0.39, 0.29) is 0 Å². The number of pyridine rings is 1. The summed E-state index contributed by atoms with van der Waals surface area (Å²) in [6.45, 7) is 9.58. The Labute approximate surface area is 105 Å². The van der Waals surface area contributed by atoms with Gasteiger partial charge in [-0.05, 0) is 25.5 Å². The van der Waals surface area contributed by atoms with Crippen LogP contribution in [0.25, 0.3) is 0 Å². The third-order valence-electron chi connectivity index (χ3n) is 3.15. The number of hydrogen-bond donors (Lipinski definition) is 1. The Morgan fingerprint density at radius 2 is 2.06 bits per heavy atom. The van der Waals surface area contributed by atoms with Gasteiger partial charge in [0.15, 0.2) is 0 Å². The Bertz CT molecular complexity index is 336. The highest BCUT2D eigenvalue weighted by molar-refractivity contribution is 5.46. The molecule has 0 saturated carbocycles. The lowest BCUT2D eigenvalue weighted by Gasteiger charge is -2.26. The van der Waals surface area contributed by atoms with Crippen LogP contribution in [0.1, 0.15) is 39.8 Å². The van der Waals surface area contributed by atoms with Crippen molar-refractivity contribution in [1.29, 1.82) is 0 Å². The Balaban J connectivity index is 2.71. The molecule has 0 bridgehead atoms. The summed E-state index contributed by atoms with van der Waals surface area (Å²) in [6, 6.07) is 5.29. The van der Waals surface area contributed by atoms with Gasteiger partial charge in [-0.1, -0.05) is 20.8 Å². The molecule has 3 heteroatoms. The van der Waals surface area contributed by atoms with Crippen LogP contribution in [0.3, 0.4) is 0 Å². The lowest BCUT2D eigenvalue weighted by molar-refractivity contribution is 0.581. The third-order valence-corrected chi connectivity index (χ3v) is 3.15. The predicted molar refractivity (Wildman–Crippen MR) is 74.4 cm³/mol. The molecule has 1 atom stereocenters. The smallest absolute Gasteiger partial charge is 0.0562 e. The fraction of sp³-hybridized carbons (Fsp3) is 0.643. The van der Waals surface area contributed by atoms with Crippen molar-refractivity contribution in [3.05, 3.63) is 24.0 Å². The van der Waals surface area contributed by atoms with E-state index in [2.05, 4.69) is 62.1 Å². The average Bonchev–Trinajstić information content (AvgIpc) is 2.34. The van der Waals surface area contributed by atoms with Gasteiger partial charge in [-0.25, -0.2) is 0 Å². The standard InChI is InChI=1S/C14H25N3/c1-6-12(4)17(5)14-7-8-15-13(9-14)10-16-11(2)3/h7-9,11-12,16H,6,10H2,1-5H3. The zero-order chi connectivity index (χ0) is 12.8. The van der Waals surface area contributed by atoms with Crippen molar-refractivity contribution in [2.75, 3.05) is 11.9 Å². The average molecular weight is 235 g/mol. The van der Waals surface area contributed by atoms with E-state index in [1.54, 1.807) is 0 Å². The Kier molecular flexibility index (Phi) is 5.42. The van der Waals surface area contributed by atoms with E-state index in [0.717, 1.165) is 18.7 Å². The fourth-order valence-electron chi connectivity index (χ4n) is 1.62. The van der Waals surface area contributed by atoms with Crippen molar-refractivity contribution < 1.29 is 0 Å². The second-order valence-electron chi connectivity index (χ2n) is 4.91. The lowest BCUT2D eigenvalue weighted by Crippen LogP contribution is -2.28. The van der Waals surface area contributed by atoms with Crippen molar-refractivity contribution in [3.8, 4) is 0 Å². The minimum absolute atomic E-state index is 0.493. The maximum Gasteiger partial charge on any atom is 0.0562 e. The first-order valence-electron chi connectivity index (χ1n) is 6.45. The highest BCUT2D eigenvalue weighted by atomic mass is 15.1. The van der Waals surface area contributed by atoms with Crippen LogP contribution in [0.15, 0.2) is 18.3 Å². The molecule has 0 saturated heterocycles. The SMILES string of the molecule is CCC(C)N(C)c1ccnc(CNC(C)C)c1. The number of rotatable bonds is 6. The van der Waals surface area contributed by atoms with Crippen LogP contribution in [-0.2, 0) is 6.54 Å². The molecule has 1 aromatic rings. The summed E-state index contributed by atoms with van der Waals surface area (Å²) in [7, 11) is 2.14. The fourth-order valence-corrected chi connectivity index (χ4v) is 1.62. The third kappa shape index (κ3) is 4.35. The molecule has 0 fully saturated rings. The molecule has 0 radical (unpaired) electrons. The molecule has 1 heterocycles. The van der Waals surface area contributed by atoms with E-state index in [1.165, 1.54) is 5.69 Å². The normalized spacial score (nSPS) is 12.8. The number of aromatic nitrogens is 1. The topological polar surface area (TPSA) is 28.2 Å². The second kappa shape index (κ2) is 6.60. The van der Waals surface area contributed by atoms with E-state index >= 15 is 0 Å². The summed E-state index contributed by atoms with van der Waals surface area (Å²) in [6.07, 6.45) is 3.05. The van der Waals surface area contributed by atoms with Gasteiger partial charge in [0.2, 0.25) is 0 Å². The quantitative estimate of drug-likeness (QED) is 0.822. The van der Waals surface area contributed by atoms with Crippen LogP contribution in [0, 0.1) is 0 Å². The maximum atomic E-state index is 4.39. The molecular formula is C14H25N3. The van der Waals surface area contributed by atoms with Gasteiger partial charge >= 0.3 is 0 Å². The minimum Gasteiger partial charge on any atom is -0.372 e. The number of nitrogens with zero attached hydrogens (tertiary/aromatic N) is 2. The van der Waals surface area contributed by atoms with Gasteiger partial charge in [-0.15, -0.1) is 0 Å². The molecular weight excluding hydrogens is 210 g/mol. The summed E-state index contributed by atoms with van der Waals surface area (Å²) >= 11 is 0. The largest absolute Gasteiger partial charge is 0.372 e. The summed E-state index contributed by atoms with van der Waals surface area (Å²) in [5, 5.41) is 3.39. The molecule has 17 heavy (non-hydrogen) atoms. The Hall–Kier alpha value is -1.09. The number of anilines is 1. The maximum absolute atomic E-state index is 4.39. The second-order valence-corrected chi connectivity index (χ2v) is 4.91. The van der Waals surface area contributed by atoms with Crippen LogP contribution in [0.2, 0.25) is 0 Å². The van der Waals surface area contributed by atoms with E-state index in [4.69, 9.17) is 0 Å². The first-order valence-corrected chi connectivity index (χ1v) is 6.45. The highest BCUT2D eigenvalue weighted by Crippen LogP contribution is 2.16. The molecule has 0 aliphatic heterocycles. The molecule has 0 aliphatic rings. The Morgan fingerprint density at radius 1 is 1.35 bits per heavy atom. The predicted octanol–water partition coefficient (Wildman–Crippen LogP) is 2.81. The van der Waals surface area contributed by atoms with Crippen molar-refractivity contribution >= 4 is 5.69 Å². The van der Waals surface area contributed by atoms with Crippen LogP contribution >= 0.6 is 0 Å². The van der Waals surface area contributed by atoms with Gasteiger partial charge in [-0.3, -0.25) is 4.98 Å². The first-order chi connectivity index (χ1) is 8.04. The summed E-state index contributed by atoms with van der Waals surface area (Å²) < 4.78 is 0. The molecule has 1 N–H and O–H groups in total. The molecule has 0 aliphatic carbocycles. The number of nitrogens with one attached hydrogen (secondary N) is 1. The molecule has 0 aromatic carbocycles. The van der Waals surface area contributed by atoms with Crippen LogP contribution in [0.4, 0.5) is 5.69 Å². The lowest BCUT2D eigenvalue weighted by atomic mass is 10.2. The van der Waals surface area contributed by atoms with E-state index in [1.807, 2.05) is 6.20 Å². The molecule has 96 valence electrons. The molecule has 1 aromatic heterocycles. The van der Waals surface area contributed by atoms with E-state index < -0.39 is 0 Å². The monoisotopic (exact) mass is 235 g/mol. The van der Waals surface area contributed by atoms with E-state index in [9.17, 15) is 0 Å². The van der Waals surface area contributed by atoms with Crippen molar-refractivity contribution in [2.45, 2.75) is 52.7 Å². The summed E-state index contributed by atoms with van der Waals surface area (Å²) in [5.74, 6) is 0. The Morgan fingerprint density at radius 3 is 2.65 bits per heavy atom. The van der Waals surface area contributed by atoms with Gasteiger partial charge in [0.25, 0.3) is 0 Å². The van der Waals surface area contributed by atoms with Crippen molar-refractivity contribution in [1.82, 2.24) is 10.3 Å².